The molecule has 2 rings (SSSR count). The van der Waals surface area contributed by atoms with Crippen LogP contribution in [0.4, 0.5) is 5.88 Å². The summed E-state index contributed by atoms with van der Waals surface area (Å²) < 4.78 is 4.63. The van der Waals surface area contributed by atoms with E-state index >= 15 is 0 Å². The summed E-state index contributed by atoms with van der Waals surface area (Å²) in [5.41, 5.74) is 5.84. The number of nitrogens with two attached hydrogens (primary N) is 1. The number of nitrogens with zero attached hydrogens (tertiary/aromatic N) is 1. The predicted molar refractivity (Wildman–Crippen MR) is 49.7 cm³/mol. The smallest absolute Gasteiger partial charge is 0.222 e. The summed E-state index contributed by atoms with van der Waals surface area (Å²) in [6.07, 6.45) is 0. The SMILES string of the molecule is Nc1cc(-c2c(O)cccc2O)no1. The Bertz CT molecular complexity index is 445. The van der Waals surface area contributed by atoms with Crippen LogP contribution < -0.4 is 5.73 Å². The van der Waals surface area contributed by atoms with Crippen LogP contribution in [0.5, 0.6) is 11.5 Å². The molecule has 0 atom stereocenters. The fourth-order valence-electron chi connectivity index (χ4n) is 1.20. The number of nitrogen functional groups attached to an aromatic ring is 1. The lowest BCUT2D eigenvalue weighted by molar-refractivity contribution is 0.432. The van der Waals surface area contributed by atoms with Gasteiger partial charge >= 0.3 is 0 Å². The molecule has 0 saturated carbocycles. The van der Waals surface area contributed by atoms with Crippen molar-refractivity contribution < 1.29 is 14.7 Å². The zero-order valence-corrected chi connectivity index (χ0v) is 7.14. The summed E-state index contributed by atoms with van der Waals surface area (Å²) in [6, 6.07) is 5.84. The van der Waals surface area contributed by atoms with Gasteiger partial charge in [0.2, 0.25) is 5.88 Å². The van der Waals surface area contributed by atoms with Crippen LogP contribution in [0.15, 0.2) is 28.8 Å². The van der Waals surface area contributed by atoms with Crippen molar-refractivity contribution in [3.63, 3.8) is 0 Å². The van der Waals surface area contributed by atoms with E-state index in [1.807, 2.05) is 0 Å². The van der Waals surface area contributed by atoms with Crippen LogP contribution in [-0.2, 0) is 0 Å². The number of hydrogen-bond acceptors (Lipinski definition) is 5. The molecule has 0 spiro atoms. The lowest BCUT2D eigenvalue weighted by atomic mass is 10.1. The third kappa shape index (κ3) is 1.24. The molecule has 0 saturated heterocycles. The Morgan fingerprint density at radius 3 is 2.36 bits per heavy atom. The van der Waals surface area contributed by atoms with Crippen LogP contribution in [0.1, 0.15) is 0 Å². The van der Waals surface area contributed by atoms with Crippen LogP contribution in [0.25, 0.3) is 11.3 Å². The second-order valence-electron chi connectivity index (χ2n) is 2.79. The van der Waals surface area contributed by atoms with E-state index in [9.17, 15) is 10.2 Å². The first-order chi connectivity index (χ1) is 6.68. The molecule has 0 aliphatic heterocycles. The summed E-state index contributed by atoms with van der Waals surface area (Å²) in [6.45, 7) is 0. The van der Waals surface area contributed by atoms with Gasteiger partial charge in [-0.2, -0.15) is 0 Å². The first-order valence-corrected chi connectivity index (χ1v) is 3.92. The largest absolute Gasteiger partial charge is 0.507 e. The van der Waals surface area contributed by atoms with Gasteiger partial charge in [-0.15, -0.1) is 0 Å². The van der Waals surface area contributed by atoms with Crippen molar-refractivity contribution in [3.8, 4) is 22.8 Å². The molecule has 0 aliphatic rings. The molecule has 2 aromatic rings. The average molecular weight is 192 g/mol. The predicted octanol–water partition coefficient (Wildman–Crippen LogP) is 1.33. The lowest BCUT2D eigenvalue weighted by Gasteiger charge is -2.01. The van der Waals surface area contributed by atoms with Crippen LogP contribution in [0.3, 0.4) is 0 Å². The van der Waals surface area contributed by atoms with Gasteiger partial charge in [-0.25, -0.2) is 0 Å². The van der Waals surface area contributed by atoms with Gasteiger partial charge in [0.25, 0.3) is 0 Å². The van der Waals surface area contributed by atoms with E-state index in [-0.39, 0.29) is 22.9 Å². The second-order valence-corrected chi connectivity index (χ2v) is 2.79. The monoisotopic (exact) mass is 192 g/mol. The number of phenolic OH excluding ortho intramolecular Hbond substituents is 2. The number of hydrogen-bond donors (Lipinski definition) is 3. The number of aromatic nitrogens is 1. The zero-order chi connectivity index (χ0) is 10.1. The molecule has 0 fully saturated rings. The molecule has 72 valence electrons. The fraction of sp³-hybridized carbons (Fsp3) is 0. The van der Waals surface area contributed by atoms with E-state index in [0.29, 0.717) is 5.69 Å². The Labute approximate surface area is 79.4 Å². The van der Waals surface area contributed by atoms with Crippen LogP contribution in [-0.4, -0.2) is 15.4 Å². The van der Waals surface area contributed by atoms with E-state index < -0.39 is 0 Å². The van der Waals surface area contributed by atoms with Crippen LogP contribution in [0.2, 0.25) is 0 Å². The van der Waals surface area contributed by atoms with Crippen LogP contribution in [0, 0.1) is 0 Å². The molecule has 0 radical (unpaired) electrons. The minimum atomic E-state index is -0.0710. The van der Waals surface area contributed by atoms with Gasteiger partial charge in [-0.1, -0.05) is 11.2 Å². The van der Waals surface area contributed by atoms with E-state index in [0.717, 1.165) is 0 Å². The molecule has 14 heavy (non-hydrogen) atoms. The molecule has 1 aromatic heterocycles. The van der Waals surface area contributed by atoms with Gasteiger partial charge < -0.3 is 20.5 Å². The van der Waals surface area contributed by atoms with Gasteiger partial charge in [-0.3, -0.25) is 0 Å². The molecule has 0 amide bonds. The summed E-state index contributed by atoms with van der Waals surface area (Å²) in [5.74, 6) is -0.0146. The van der Waals surface area contributed by atoms with E-state index in [2.05, 4.69) is 9.68 Å². The number of phenols is 2. The highest BCUT2D eigenvalue weighted by Gasteiger charge is 2.13. The van der Waals surface area contributed by atoms with E-state index in [1.54, 1.807) is 0 Å². The van der Waals surface area contributed by atoms with Crippen molar-refractivity contribution >= 4 is 5.88 Å². The van der Waals surface area contributed by atoms with E-state index in [1.165, 1.54) is 24.3 Å². The first kappa shape index (κ1) is 8.43. The first-order valence-electron chi connectivity index (χ1n) is 3.92. The molecule has 0 aliphatic carbocycles. The summed E-state index contributed by atoms with van der Waals surface area (Å²) in [5, 5.41) is 22.5. The lowest BCUT2D eigenvalue weighted by Crippen LogP contribution is -1.80. The Balaban J connectivity index is 2.61. The maximum absolute atomic E-state index is 9.47. The molecule has 1 aromatic carbocycles. The molecule has 1 heterocycles. The molecular weight excluding hydrogens is 184 g/mol. The number of rotatable bonds is 1. The van der Waals surface area contributed by atoms with Crippen molar-refractivity contribution in [2.45, 2.75) is 0 Å². The second kappa shape index (κ2) is 2.95. The minimum Gasteiger partial charge on any atom is -0.507 e. The fourth-order valence-corrected chi connectivity index (χ4v) is 1.20. The summed E-state index contributed by atoms with van der Waals surface area (Å²) in [7, 11) is 0. The standard InChI is InChI=1S/C9H8N2O3/c10-8-4-5(11-14-8)9-6(12)2-1-3-7(9)13/h1-4,12-13H,10H2. The normalized spacial score (nSPS) is 10.3. The number of aromatic hydroxyl groups is 2. The number of anilines is 1. The molecule has 0 unspecified atom stereocenters. The van der Waals surface area contributed by atoms with Gasteiger partial charge in [0.1, 0.15) is 17.2 Å². The Hall–Kier alpha value is -2.17. The summed E-state index contributed by atoms with van der Waals surface area (Å²) in [4.78, 5) is 0. The third-order valence-corrected chi connectivity index (χ3v) is 1.80. The van der Waals surface area contributed by atoms with Crippen molar-refractivity contribution in [2.24, 2.45) is 0 Å². The minimum absolute atomic E-state index is 0.0710. The topological polar surface area (TPSA) is 92.5 Å². The third-order valence-electron chi connectivity index (χ3n) is 1.80. The van der Waals surface area contributed by atoms with Gasteiger partial charge in [0, 0.05) is 6.07 Å². The molecule has 5 heteroatoms. The van der Waals surface area contributed by atoms with Crippen molar-refractivity contribution in [3.05, 3.63) is 24.3 Å². The zero-order valence-electron chi connectivity index (χ0n) is 7.14. The molecular formula is C9H8N2O3. The summed E-state index contributed by atoms with van der Waals surface area (Å²) >= 11 is 0. The highest BCUT2D eigenvalue weighted by Crippen LogP contribution is 2.36. The maximum Gasteiger partial charge on any atom is 0.222 e. The van der Waals surface area contributed by atoms with Gasteiger partial charge in [-0.05, 0) is 12.1 Å². The molecule has 5 nitrogen and oxygen atoms in total. The van der Waals surface area contributed by atoms with Crippen molar-refractivity contribution in [2.75, 3.05) is 5.73 Å². The number of benzene rings is 1. The highest BCUT2D eigenvalue weighted by atomic mass is 16.5. The highest BCUT2D eigenvalue weighted by molar-refractivity contribution is 5.74. The van der Waals surface area contributed by atoms with Crippen molar-refractivity contribution in [1.29, 1.82) is 0 Å². The maximum atomic E-state index is 9.47. The van der Waals surface area contributed by atoms with Gasteiger partial charge in [0.15, 0.2) is 0 Å². The van der Waals surface area contributed by atoms with Gasteiger partial charge in [0.05, 0.1) is 5.56 Å². The average Bonchev–Trinajstić information content (AvgIpc) is 2.51. The molecule has 0 bridgehead atoms. The molecule has 4 N–H and O–H groups in total. The van der Waals surface area contributed by atoms with Crippen LogP contribution >= 0.6 is 0 Å². The Morgan fingerprint density at radius 1 is 1.21 bits per heavy atom. The van der Waals surface area contributed by atoms with Crippen molar-refractivity contribution in [1.82, 2.24) is 5.16 Å². The Kier molecular flexibility index (Phi) is 1.78. The Morgan fingerprint density at radius 2 is 1.86 bits per heavy atom. The van der Waals surface area contributed by atoms with E-state index in [4.69, 9.17) is 5.73 Å². The quantitative estimate of drug-likeness (QED) is 0.633.